The van der Waals surface area contributed by atoms with Crippen LogP contribution in [0.2, 0.25) is 0 Å². The van der Waals surface area contributed by atoms with Crippen molar-refractivity contribution in [3.05, 3.63) is 89.0 Å². The number of methoxy groups -OCH3 is 2. The zero-order valence-electron chi connectivity index (χ0n) is 22.5. The minimum absolute atomic E-state index is 0.0104. The predicted octanol–water partition coefficient (Wildman–Crippen LogP) is 7.18. The monoisotopic (exact) mass is 555 g/mol. The summed E-state index contributed by atoms with van der Waals surface area (Å²) in [5.74, 6) is -0.0222. The summed E-state index contributed by atoms with van der Waals surface area (Å²) in [7, 11) is 2.75. The lowest BCUT2D eigenvalue weighted by Gasteiger charge is -2.29. The Hall–Kier alpha value is -4.01. The third-order valence-electron chi connectivity index (χ3n) is 7.11. The average Bonchev–Trinajstić information content (AvgIpc) is 3.49. The topological polar surface area (TPSA) is 65.1 Å². The summed E-state index contributed by atoms with van der Waals surface area (Å²) in [5.41, 5.74) is 1.89. The van der Waals surface area contributed by atoms with Crippen molar-refractivity contribution in [3.8, 4) is 16.9 Å². The highest BCUT2D eigenvalue weighted by atomic mass is 19.4. The number of alkyl halides is 3. The number of carbonyl (C=O) groups excluding carboxylic acids is 2. The van der Waals surface area contributed by atoms with Crippen LogP contribution < -0.4 is 4.74 Å². The molecule has 0 atom stereocenters. The largest absolute Gasteiger partial charge is 0.496 e. The van der Waals surface area contributed by atoms with E-state index in [9.17, 15) is 22.8 Å². The van der Waals surface area contributed by atoms with Crippen molar-refractivity contribution >= 4 is 12.1 Å². The van der Waals surface area contributed by atoms with Crippen LogP contribution in [-0.4, -0.2) is 37.2 Å². The first-order chi connectivity index (χ1) is 19.2. The summed E-state index contributed by atoms with van der Waals surface area (Å²) in [4.78, 5) is 26.8. The van der Waals surface area contributed by atoms with Crippen molar-refractivity contribution in [3.63, 3.8) is 0 Å². The maximum absolute atomic E-state index is 13.8. The van der Waals surface area contributed by atoms with Crippen molar-refractivity contribution < 1.29 is 37.0 Å². The van der Waals surface area contributed by atoms with Gasteiger partial charge in [-0.25, -0.2) is 4.79 Å². The van der Waals surface area contributed by atoms with Crippen LogP contribution in [0.3, 0.4) is 0 Å². The van der Waals surface area contributed by atoms with Crippen LogP contribution in [0.5, 0.6) is 5.75 Å². The molecule has 0 aromatic heterocycles. The van der Waals surface area contributed by atoms with Gasteiger partial charge in [0.15, 0.2) is 0 Å². The Morgan fingerprint density at radius 3 is 2.27 bits per heavy atom. The molecular formula is C31H32F3NO5. The van der Waals surface area contributed by atoms with Gasteiger partial charge >= 0.3 is 18.2 Å². The summed E-state index contributed by atoms with van der Waals surface area (Å²) in [6, 6.07) is 17.6. The Labute approximate surface area is 231 Å². The van der Waals surface area contributed by atoms with E-state index in [1.54, 1.807) is 23.1 Å². The molecule has 0 heterocycles. The third-order valence-corrected chi connectivity index (χ3v) is 7.11. The number of ether oxygens (including phenoxy) is 3. The molecule has 0 aliphatic heterocycles. The number of esters is 1. The summed E-state index contributed by atoms with van der Waals surface area (Å²) in [6.07, 6.45) is -1.83. The van der Waals surface area contributed by atoms with E-state index in [0.717, 1.165) is 43.4 Å². The fraction of sp³-hybridized carbons (Fsp3) is 0.355. The molecule has 1 amide bonds. The number of hydrogen-bond donors (Lipinski definition) is 0. The molecule has 0 N–H and O–H groups in total. The molecule has 1 saturated carbocycles. The van der Waals surface area contributed by atoms with Crippen molar-refractivity contribution in [2.24, 2.45) is 0 Å². The Morgan fingerprint density at radius 1 is 0.900 bits per heavy atom. The minimum Gasteiger partial charge on any atom is -0.496 e. The highest BCUT2D eigenvalue weighted by Gasteiger charge is 2.33. The van der Waals surface area contributed by atoms with Gasteiger partial charge in [0.1, 0.15) is 12.4 Å². The lowest BCUT2D eigenvalue weighted by molar-refractivity contribution is -0.140. The van der Waals surface area contributed by atoms with Crippen LogP contribution in [0.15, 0.2) is 66.7 Å². The van der Waals surface area contributed by atoms with Gasteiger partial charge in [0.05, 0.1) is 26.2 Å². The van der Waals surface area contributed by atoms with E-state index in [-0.39, 0.29) is 25.6 Å². The zero-order chi connectivity index (χ0) is 28.7. The molecule has 1 fully saturated rings. The zero-order valence-corrected chi connectivity index (χ0v) is 22.5. The molecule has 1 aliphatic carbocycles. The first-order valence-corrected chi connectivity index (χ1v) is 13.1. The number of benzene rings is 3. The molecular weight excluding hydrogens is 523 g/mol. The van der Waals surface area contributed by atoms with E-state index >= 15 is 0 Å². The molecule has 1 aliphatic rings. The lowest BCUT2D eigenvalue weighted by atomic mass is 9.94. The number of halogens is 3. The van der Waals surface area contributed by atoms with Gasteiger partial charge in [0.25, 0.3) is 0 Å². The van der Waals surface area contributed by atoms with E-state index in [4.69, 9.17) is 14.2 Å². The van der Waals surface area contributed by atoms with Gasteiger partial charge in [-0.05, 0) is 59.4 Å². The van der Waals surface area contributed by atoms with Crippen molar-refractivity contribution in [1.82, 2.24) is 4.90 Å². The second kappa shape index (κ2) is 12.9. The van der Waals surface area contributed by atoms with Crippen molar-refractivity contribution in [1.29, 1.82) is 0 Å². The number of rotatable bonds is 9. The first kappa shape index (κ1) is 29.0. The van der Waals surface area contributed by atoms with Crippen LogP contribution in [0.4, 0.5) is 18.0 Å². The smallest absolute Gasteiger partial charge is 0.416 e. The number of nitrogens with zero attached hydrogens (tertiary/aromatic N) is 1. The molecule has 212 valence electrons. The van der Waals surface area contributed by atoms with Crippen LogP contribution in [0, 0.1) is 0 Å². The third kappa shape index (κ3) is 7.14. The molecule has 6 nitrogen and oxygen atoms in total. The van der Waals surface area contributed by atoms with Crippen molar-refractivity contribution in [2.45, 2.75) is 57.5 Å². The minimum atomic E-state index is -4.57. The highest BCUT2D eigenvalue weighted by Crippen LogP contribution is 2.39. The average molecular weight is 556 g/mol. The first-order valence-electron chi connectivity index (χ1n) is 13.1. The normalized spacial score (nSPS) is 13.6. The van der Waals surface area contributed by atoms with Gasteiger partial charge in [-0.2, -0.15) is 13.2 Å². The Morgan fingerprint density at radius 2 is 1.62 bits per heavy atom. The fourth-order valence-corrected chi connectivity index (χ4v) is 5.02. The summed E-state index contributed by atoms with van der Waals surface area (Å²) in [6.45, 7) is -0.0241. The Bertz CT molecular complexity index is 1320. The maximum Gasteiger partial charge on any atom is 0.416 e. The van der Waals surface area contributed by atoms with Crippen LogP contribution >= 0.6 is 0 Å². The second-order valence-corrected chi connectivity index (χ2v) is 9.76. The van der Waals surface area contributed by atoms with Gasteiger partial charge in [-0.15, -0.1) is 0 Å². The molecule has 4 rings (SSSR count). The molecule has 0 unspecified atom stereocenters. The van der Waals surface area contributed by atoms with Gasteiger partial charge < -0.3 is 19.1 Å². The van der Waals surface area contributed by atoms with Gasteiger partial charge in [-0.3, -0.25) is 4.79 Å². The van der Waals surface area contributed by atoms with Gasteiger partial charge in [0.2, 0.25) is 0 Å². The number of hydrogen-bond acceptors (Lipinski definition) is 5. The van der Waals surface area contributed by atoms with Gasteiger partial charge in [-0.1, -0.05) is 55.3 Å². The molecule has 3 aromatic carbocycles. The van der Waals surface area contributed by atoms with E-state index in [0.29, 0.717) is 28.0 Å². The quantitative estimate of drug-likeness (QED) is 0.262. The molecule has 0 saturated heterocycles. The van der Waals surface area contributed by atoms with Crippen molar-refractivity contribution in [2.75, 3.05) is 14.2 Å². The van der Waals surface area contributed by atoms with E-state index in [1.165, 1.54) is 20.3 Å². The molecule has 40 heavy (non-hydrogen) atoms. The van der Waals surface area contributed by atoms with Crippen LogP contribution in [0.25, 0.3) is 11.1 Å². The summed E-state index contributed by atoms with van der Waals surface area (Å²) >= 11 is 0. The van der Waals surface area contributed by atoms with E-state index < -0.39 is 23.8 Å². The fourth-order valence-electron chi connectivity index (χ4n) is 5.02. The second-order valence-electron chi connectivity index (χ2n) is 9.76. The SMILES string of the molecule is COC(=O)Cc1ccc(OC)c(-c2ccc(C(F)(F)F)cc2CN(C(=O)OCc2ccccc2)C2CCCC2)c1. The Balaban J connectivity index is 1.74. The summed E-state index contributed by atoms with van der Waals surface area (Å²) < 4.78 is 57.4. The van der Waals surface area contributed by atoms with E-state index in [2.05, 4.69) is 0 Å². The molecule has 0 radical (unpaired) electrons. The van der Waals surface area contributed by atoms with Gasteiger partial charge in [0, 0.05) is 18.2 Å². The predicted molar refractivity (Wildman–Crippen MR) is 144 cm³/mol. The van der Waals surface area contributed by atoms with E-state index in [1.807, 2.05) is 30.3 Å². The number of amides is 1. The number of carbonyl (C=O) groups is 2. The Kier molecular flexibility index (Phi) is 9.34. The van der Waals surface area contributed by atoms with Crippen LogP contribution in [-0.2, 0) is 40.0 Å². The summed E-state index contributed by atoms with van der Waals surface area (Å²) in [5, 5.41) is 0. The highest BCUT2D eigenvalue weighted by molar-refractivity contribution is 5.78. The molecule has 0 bridgehead atoms. The molecule has 0 spiro atoms. The molecule has 9 heteroatoms. The lowest BCUT2D eigenvalue weighted by Crippen LogP contribution is -2.38. The molecule has 3 aromatic rings. The maximum atomic E-state index is 13.8. The van der Waals surface area contributed by atoms with Crippen LogP contribution in [0.1, 0.15) is 47.9 Å². The standard InChI is InChI=1S/C31H32F3NO5/c1-38-28-15-12-22(17-29(36)39-2)16-27(28)26-14-13-24(31(32,33)34)18-23(26)19-35(25-10-6-7-11-25)30(37)40-20-21-8-4-3-5-9-21/h3-5,8-9,12-16,18,25H,6-7,10-11,17,19-20H2,1-2H3.